The summed E-state index contributed by atoms with van der Waals surface area (Å²) in [5.74, 6) is 0.862. The Bertz CT molecular complexity index is 890. The van der Waals surface area contributed by atoms with Gasteiger partial charge in [0.1, 0.15) is 12.4 Å². The fourth-order valence-corrected chi connectivity index (χ4v) is 2.62. The Balaban J connectivity index is 1.89. The summed E-state index contributed by atoms with van der Waals surface area (Å²) >= 11 is 0. The Labute approximate surface area is 146 Å². The fraction of sp³-hybridized carbons (Fsp3) is 0.200. The SMILES string of the molecule is Cc1c(OCc2ccccc2)nc(CN)n(Cc2ccccc2)c1=O. The normalized spacial score (nSPS) is 10.6. The predicted octanol–water partition coefficient (Wildman–Crippen LogP) is 2.64. The summed E-state index contributed by atoms with van der Waals surface area (Å²) in [5, 5.41) is 0. The van der Waals surface area contributed by atoms with Crippen LogP contribution in [0.2, 0.25) is 0 Å². The van der Waals surface area contributed by atoms with Gasteiger partial charge in [-0.25, -0.2) is 0 Å². The van der Waals surface area contributed by atoms with Gasteiger partial charge >= 0.3 is 0 Å². The van der Waals surface area contributed by atoms with E-state index in [0.29, 0.717) is 30.4 Å². The molecule has 3 aromatic rings. The number of rotatable bonds is 6. The van der Waals surface area contributed by atoms with Crippen molar-refractivity contribution in [3.8, 4) is 5.88 Å². The lowest BCUT2D eigenvalue weighted by atomic mass is 10.2. The van der Waals surface area contributed by atoms with Crippen LogP contribution in [0.1, 0.15) is 22.5 Å². The molecule has 5 heteroatoms. The van der Waals surface area contributed by atoms with Crippen LogP contribution >= 0.6 is 0 Å². The predicted molar refractivity (Wildman–Crippen MR) is 97.4 cm³/mol. The molecule has 1 heterocycles. The zero-order valence-electron chi connectivity index (χ0n) is 14.2. The van der Waals surface area contributed by atoms with Crippen LogP contribution in [0.3, 0.4) is 0 Å². The second-order valence-electron chi connectivity index (χ2n) is 5.81. The highest BCUT2D eigenvalue weighted by Gasteiger charge is 2.14. The van der Waals surface area contributed by atoms with Crippen molar-refractivity contribution in [2.75, 3.05) is 0 Å². The average Bonchev–Trinajstić information content (AvgIpc) is 2.66. The van der Waals surface area contributed by atoms with Crippen LogP contribution in [0.5, 0.6) is 5.88 Å². The maximum Gasteiger partial charge on any atom is 0.260 e. The first-order valence-corrected chi connectivity index (χ1v) is 8.20. The van der Waals surface area contributed by atoms with Gasteiger partial charge in [0.15, 0.2) is 0 Å². The monoisotopic (exact) mass is 335 g/mol. The van der Waals surface area contributed by atoms with Gasteiger partial charge in [-0.1, -0.05) is 60.7 Å². The van der Waals surface area contributed by atoms with Crippen LogP contribution in [0.25, 0.3) is 0 Å². The molecule has 0 aliphatic heterocycles. The van der Waals surface area contributed by atoms with E-state index >= 15 is 0 Å². The Kier molecular flexibility index (Phi) is 5.26. The highest BCUT2D eigenvalue weighted by atomic mass is 16.5. The van der Waals surface area contributed by atoms with Gasteiger partial charge in [-0.2, -0.15) is 4.98 Å². The van der Waals surface area contributed by atoms with E-state index in [2.05, 4.69) is 4.98 Å². The van der Waals surface area contributed by atoms with Crippen molar-refractivity contribution in [2.45, 2.75) is 26.6 Å². The van der Waals surface area contributed by atoms with Crippen molar-refractivity contribution in [3.63, 3.8) is 0 Å². The van der Waals surface area contributed by atoms with E-state index in [1.807, 2.05) is 60.7 Å². The van der Waals surface area contributed by atoms with Crippen molar-refractivity contribution in [2.24, 2.45) is 5.73 Å². The van der Waals surface area contributed by atoms with Crippen molar-refractivity contribution in [1.82, 2.24) is 9.55 Å². The zero-order valence-corrected chi connectivity index (χ0v) is 14.2. The fourth-order valence-electron chi connectivity index (χ4n) is 2.62. The van der Waals surface area contributed by atoms with Gasteiger partial charge in [0.05, 0.1) is 18.7 Å². The summed E-state index contributed by atoms with van der Waals surface area (Å²) in [4.78, 5) is 17.3. The Hall–Kier alpha value is -2.92. The van der Waals surface area contributed by atoms with Crippen LogP contribution in [0, 0.1) is 6.92 Å². The molecule has 2 aromatic carbocycles. The molecule has 0 radical (unpaired) electrons. The van der Waals surface area contributed by atoms with Gasteiger partial charge in [0, 0.05) is 0 Å². The van der Waals surface area contributed by atoms with Crippen LogP contribution in [-0.4, -0.2) is 9.55 Å². The second kappa shape index (κ2) is 7.77. The molecule has 3 rings (SSSR count). The number of nitrogens with two attached hydrogens (primary N) is 1. The van der Waals surface area contributed by atoms with Crippen molar-refractivity contribution < 1.29 is 4.74 Å². The van der Waals surface area contributed by atoms with Crippen LogP contribution < -0.4 is 16.0 Å². The lowest BCUT2D eigenvalue weighted by Crippen LogP contribution is -2.29. The standard InChI is InChI=1S/C20H21N3O2/c1-15-19(25-14-17-10-6-3-7-11-17)22-18(12-21)23(20(15)24)13-16-8-4-2-5-9-16/h2-11H,12-14,21H2,1H3. The smallest absolute Gasteiger partial charge is 0.260 e. The molecule has 0 fully saturated rings. The first-order chi connectivity index (χ1) is 12.2. The Morgan fingerprint density at radius 2 is 1.60 bits per heavy atom. The third-order valence-electron chi connectivity index (χ3n) is 4.01. The Morgan fingerprint density at radius 3 is 2.20 bits per heavy atom. The number of ether oxygens (including phenoxy) is 1. The van der Waals surface area contributed by atoms with Crippen LogP contribution in [0.15, 0.2) is 65.5 Å². The first kappa shape index (κ1) is 16.9. The molecule has 0 bridgehead atoms. The molecule has 0 unspecified atom stereocenters. The van der Waals surface area contributed by atoms with Gasteiger partial charge in [0.25, 0.3) is 5.56 Å². The number of aromatic nitrogens is 2. The minimum Gasteiger partial charge on any atom is -0.472 e. The van der Waals surface area contributed by atoms with Crippen LogP contribution in [-0.2, 0) is 19.7 Å². The lowest BCUT2D eigenvalue weighted by molar-refractivity contribution is 0.287. The summed E-state index contributed by atoms with van der Waals surface area (Å²) in [6, 6.07) is 19.6. The molecule has 0 saturated carbocycles. The maximum atomic E-state index is 12.8. The molecule has 1 aromatic heterocycles. The molecule has 5 nitrogen and oxygen atoms in total. The zero-order chi connectivity index (χ0) is 17.6. The van der Waals surface area contributed by atoms with Gasteiger partial charge in [0.2, 0.25) is 5.88 Å². The highest BCUT2D eigenvalue weighted by molar-refractivity contribution is 5.25. The topological polar surface area (TPSA) is 70.1 Å². The molecule has 128 valence electrons. The molecule has 0 saturated heterocycles. The number of benzene rings is 2. The minimum absolute atomic E-state index is 0.123. The summed E-state index contributed by atoms with van der Waals surface area (Å²) < 4.78 is 7.38. The second-order valence-corrected chi connectivity index (χ2v) is 5.81. The van der Waals surface area contributed by atoms with Gasteiger partial charge in [-0.15, -0.1) is 0 Å². The maximum absolute atomic E-state index is 12.8. The average molecular weight is 335 g/mol. The number of hydrogen-bond donors (Lipinski definition) is 1. The van der Waals surface area contributed by atoms with E-state index in [-0.39, 0.29) is 12.1 Å². The molecule has 0 aliphatic carbocycles. The minimum atomic E-state index is -0.123. The number of nitrogens with zero attached hydrogens (tertiary/aromatic N) is 2. The van der Waals surface area contributed by atoms with E-state index in [1.165, 1.54) is 0 Å². The highest BCUT2D eigenvalue weighted by Crippen LogP contribution is 2.14. The first-order valence-electron chi connectivity index (χ1n) is 8.20. The number of hydrogen-bond acceptors (Lipinski definition) is 4. The summed E-state index contributed by atoms with van der Waals surface area (Å²) in [7, 11) is 0. The van der Waals surface area contributed by atoms with Crippen molar-refractivity contribution in [1.29, 1.82) is 0 Å². The van der Waals surface area contributed by atoms with E-state index < -0.39 is 0 Å². The van der Waals surface area contributed by atoms with E-state index in [9.17, 15) is 4.79 Å². The van der Waals surface area contributed by atoms with Gasteiger partial charge in [-0.05, 0) is 18.1 Å². The summed E-state index contributed by atoms with van der Waals surface area (Å²) in [6.07, 6.45) is 0. The molecule has 0 aliphatic rings. The van der Waals surface area contributed by atoms with Gasteiger partial charge < -0.3 is 10.5 Å². The Morgan fingerprint density at radius 1 is 1.00 bits per heavy atom. The largest absolute Gasteiger partial charge is 0.472 e. The molecular weight excluding hydrogens is 314 g/mol. The van der Waals surface area contributed by atoms with E-state index in [4.69, 9.17) is 10.5 Å². The summed E-state index contributed by atoms with van der Waals surface area (Å²) in [5.41, 5.74) is 8.23. The van der Waals surface area contributed by atoms with Crippen molar-refractivity contribution in [3.05, 3.63) is 93.5 Å². The molecule has 0 amide bonds. The van der Waals surface area contributed by atoms with E-state index in [0.717, 1.165) is 11.1 Å². The van der Waals surface area contributed by atoms with Crippen molar-refractivity contribution >= 4 is 0 Å². The molecule has 25 heavy (non-hydrogen) atoms. The summed E-state index contributed by atoms with van der Waals surface area (Å²) in [6.45, 7) is 2.71. The molecule has 2 N–H and O–H groups in total. The lowest BCUT2D eigenvalue weighted by Gasteiger charge is -2.15. The third kappa shape index (κ3) is 3.95. The van der Waals surface area contributed by atoms with Crippen LogP contribution in [0.4, 0.5) is 0 Å². The third-order valence-corrected chi connectivity index (χ3v) is 4.01. The molecular formula is C20H21N3O2. The quantitative estimate of drug-likeness (QED) is 0.752. The molecule has 0 atom stereocenters. The molecule has 0 spiro atoms. The van der Waals surface area contributed by atoms with Gasteiger partial charge in [-0.3, -0.25) is 9.36 Å². The van der Waals surface area contributed by atoms with E-state index in [1.54, 1.807) is 11.5 Å².